The van der Waals surface area contributed by atoms with E-state index in [4.69, 9.17) is 24.9 Å². The summed E-state index contributed by atoms with van der Waals surface area (Å²) in [5.41, 5.74) is 8.56. The van der Waals surface area contributed by atoms with Crippen LogP contribution in [0.1, 0.15) is 67.7 Å². The Morgan fingerprint density at radius 3 is 2.52 bits per heavy atom. The summed E-state index contributed by atoms with van der Waals surface area (Å²) in [5.74, 6) is 0.0857. The molecule has 0 aromatic carbocycles. The second-order valence-corrected chi connectivity index (χ2v) is 10.2. The number of pyridine rings is 2. The fraction of sp³-hybridized carbons (Fsp3) is 0.633. The smallest absolute Gasteiger partial charge is 0.303 e. The van der Waals surface area contributed by atoms with Gasteiger partial charge in [-0.1, -0.05) is 31.4 Å². The van der Waals surface area contributed by atoms with Crippen molar-refractivity contribution in [3.63, 3.8) is 0 Å². The number of aryl methyl sites for hydroxylation is 2. The maximum atomic E-state index is 12.4. The lowest BCUT2D eigenvalue weighted by molar-refractivity contribution is -0.137. The van der Waals surface area contributed by atoms with Gasteiger partial charge in [-0.3, -0.25) is 9.59 Å². The molecule has 2 aromatic rings. The van der Waals surface area contributed by atoms with Crippen LogP contribution in [0.4, 0.5) is 5.82 Å². The second kappa shape index (κ2) is 18.5. The lowest BCUT2D eigenvalue weighted by Gasteiger charge is -2.18. The number of carboxylic acids is 1. The van der Waals surface area contributed by atoms with E-state index in [0.29, 0.717) is 52.7 Å². The third-order valence-electron chi connectivity index (χ3n) is 7.07. The summed E-state index contributed by atoms with van der Waals surface area (Å²) in [6, 6.07) is 7.63. The zero-order valence-electron chi connectivity index (χ0n) is 23.7. The molecule has 0 saturated heterocycles. The number of rotatable bonds is 21. The Morgan fingerprint density at radius 1 is 1.00 bits per heavy atom. The van der Waals surface area contributed by atoms with Crippen molar-refractivity contribution >= 4 is 11.8 Å². The first kappa shape index (κ1) is 31.7. The van der Waals surface area contributed by atoms with Gasteiger partial charge >= 0.3 is 5.97 Å². The van der Waals surface area contributed by atoms with Crippen molar-refractivity contribution in [3.05, 3.63) is 57.6 Å². The third kappa shape index (κ3) is 11.8. The van der Waals surface area contributed by atoms with Gasteiger partial charge in [0.15, 0.2) is 0 Å². The molecule has 222 valence electrons. The number of carboxylic acid groups (broad SMARTS) is 1. The SMILES string of the molecule is NCCOCCOCCOCCn1cc([C@@H](CCCCCCc2ccc3c(n2)NCCC3)CC(=O)O)ccc1=O. The minimum Gasteiger partial charge on any atom is -0.481 e. The molecule has 40 heavy (non-hydrogen) atoms. The van der Waals surface area contributed by atoms with Crippen LogP contribution in [-0.2, 0) is 38.4 Å². The molecule has 1 aliphatic rings. The zero-order valence-corrected chi connectivity index (χ0v) is 23.7. The second-order valence-electron chi connectivity index (χ2n) is 10.2. The third-order valence-corrected chi connectivity index (χ3v) is 7.07. The zero-order chi connectivity index (χ0) is 28.4. The molecule has 10 nitrogen and oxygen atoms in total. The van der Waals surface area contributed by atoms with Crippen LogP contribution in [0.15, 0.2) is 35.3 Å². The summed E-state index contributed by atoms with van der Waals surface area (Å²) < 4.78 is 17.9. The molecule has 3 rings (SSSR count). The van der Waals surface area contributed by atoms with Gasteiger partial charge in [0.2, 0.25) is 0 Å². The first-order valence-corrected chi connectivity index (χ1v) is 14.6. The van der Waals surface area contributed by atoms with Crippen molar-refractivity contribution in [1.29, 1.82) is 0 Å². The molecular weight excluding hydrogens is 512 g/mol. The minimum atomic E-state index is -0.827. The van der Waals surface area contributed by atoms with Crippen molar-refractivity contribution in [2.24, 2.45) is 5.73 Å². The molecule has 2 aromatic heterocycles. The number of hydrogen-bond donors (Lipinski definition) is 3. The highest BCUT2D eigenvalue weighted by atomic mass is 16.5. The minimum absolute atomic E-state index is 0.0487. The Bertz CT molecular complexity index is 1080. The van der Waals surface area contributed by atoms with Crippen LogP contribution in [0.25, 0.3) is 0 Å². The van der Waals surface area contributed by atoms with Crippen LogP contribution in [0.3, 0.4) is 0 Å². The van der Waals surface area contributed by atoms with E-state index in [-0.39, 0.29) is 17.9 Å². The van der Waals surface area contributed by atoms with Gasteiger partial charge < -0.3 is 34.9 Å². The topological polar surface area (TPSA) is 138 Å². The van der Waals surface area contributed by atoms with Gasteiger partial charge in [-0.15, -0.1) is 0 Å². The number of ether oxygens (including phenoxy) is 3. The number of fused-ring (bicyclic) bond motifs is 1. The normalized spacial score (nSPS) is 13.5. The van der Waals surface area contributed by atoms with Crippen molar-refractivity contribution in [2.75, 3.05) is 58.0 Å². The van der Waals surface area contributed by atoms with Crippen molar-refractivity contribution < 1.29 is 24.1 Å². The molecule has 4 N–H and O–H groups in total. The number of nitrogens with zero attached hydrogens (tertiary/aromatic N) is 2. The number of nitrogens with two attached hydrogens (primary N) is 1. The van der Waals surface area contributed by atoms with Crippen molar-refractivity contribution in [2.45, 2.75) is 70.3 Å². The van der Waals surface area contributed by atoms with E-state index < -0.39 is 5.97 Å². The lowest BCUT2D eigenvalue weighted by Crippen LogP contribution is -2.23. The number of aliphatic carboxylic acids is 1. The summed E-state index contributed by atoms with van der Waals surface area (Å²) in [6.07, 6.45) is 9.94. The van der Waals surface area contributed by atoms with E-state index in [1.807, 2.05) is 0 Å². The molecule has 3 heterocycles. The molecule has 1 aliphatic heterocycles. The number of carbonyl (C=O) groups is 1. The highest BCUT2D eigenvalue weighted by Gasteiger charge is 2.17. The quantitative estimate of drug-likeness (QED) is 0.197. The van der Waals surface area contributed by atoms with E-state index in [1.54, 1.807) is 16.8 Å². The van der Waals surface area contributed by atoms with E-state index in [2.05, 4.69) is 17.4 Å². The molecule has 0 bridgehead atoms. The van der Waals surface area contributed by atoms with Gasteiger partial charge in [0.1, 0.15) is 5.82 Å². The lowest BCUT2D eigenvalue weighted by atomic mass is 9.91. The highest BCUT2D eigenvalue weighted by Crippen LogP contribution is 2.26. The molecule has 0 saturated carbocycles. The summed E-state index contributed by atoms with van der Waals surface area (Å²) in [5, 5.41) is 12.9. The van der Waals surface area contributed by atoms with E-state index in [9.17, 15) is 14.7 Å². The van der Waals surface area contributed by atoms with E-state index in [1.165, 1.54) is 11.6 Å². The molecule has 10 heteroatoms. The predicted octanol–water partition coefficient (Wildman–Crippen LogP) is 3.36. The Hall–Kier alpha value is -2.79. The fourth-order valence-electron chi connectivity index (χ4n) is 4.91. The highest BCUT2D eigenvalue weighted by molar-refractivity contribution is 5.68. The largest absolute Gasteiger partial charge is 0.481 e. The standard InChI is InChI=1S/C30H46N4O6/c31-13-16-38-18-20-40-21-19-39-17-15-34-23-26(10-12-28(34)35)25(22-29(36)37)6-3-1-2-4-8-27-11-9-24-7-5-14-32-30(24)33-27/h9-12,23,25H,1-8,13-22,31H2,(H,32,33)(H,36,37)/t25-/m0/s1. The first-order chi connectivity index (χ1) is 19.6. The Balaban J connectivity index is 1.37. The number of hydrogen-bond acceptors (Lipinski definition) is 8. The predicted molar refractivity (Wildman–Crippen MR) is 155 cm³/mol. The van der Waals surface area contributed by atoms with Crippen LogP contribution in [0.5, 0.6) is 0 Å². The molecule has 0 fully saturated rings. The van der Waals surface area contributed by atoms with Crippen LogP contribution < -0.4 is 16.6 Å². The summed E-state index contributed by atoms with van der Waals surface area (Å²) in [6.45, 7) is 4.64. The average Bonchev–Trinajstić information content (AvgIpc) is 2.96. The van der Waals surface area contributed by atoms with Gasteiger partial charge in [0.25, 0.3) is 5.56 Å². The molecule has 0 unspecified atom stereocenters. The maximum Gasteiger partial charge on any atom is 0.303 e. The first-order valence-electron chi connectivity index (χ1n) is 14.6. The van der Waals surface area contributed by atoms with Gasteiger partial charge in [-0.25, -0.2) is 4.98 Å². The average molecular weight is 559 g/mol. The molecule has 1 atom stereocenters. The molecule has 0 spiro atoms. The van der Waals surface area contributed by atoms with Gasteiger partial charge in [0, 0.05) is 37.6 Å². The summed E-state index contributed by atoms with van der Waals surface area (Å²) in [4.78, 5) is 28.7. The van der Waals surface area contributed by atoms with E-state index in [0.717, 1.165) is 75.0 Å². The monoisotopic (exact) mass is 558 g/mol. The molecular formula is C30H46N4O6. The van der Waals surface area contributed by atoms with Gasteiger partial charge in [0.05, 0.1) is 46.1 Å². The number of unbranched alkanes of at least 4 members (excludes halogenated alkanes) is 3. The Labute approximate surface area is 237 Å². The maximum absolute atomic E-state index is 12.4. The molecule has 0 aliphatic carbocycles. The van der Waals surface area contributed by atoms with Gasteiger partial charge in [-0.2, -0.15) is 0 Å². The number of aromatic nitrogens is 2. The van der Waals surface area contributed by atoms with Gasteiger partial charge in [-0.05, 0) is 55.2 Å². The summed E-state index contributed by atoms with van der Waals surface area (Å²) >= 11 is 0. The molecule has 0 radical (unpaired) electrons. The van der Waals surface area contributed by atoms with E-state index >= 15 is 0 Å². The number of anilines is 1. The molecule has 0 amide bonds. The Morgan fingerprint density at radius 2 is 1.75 bits per heavy atom. The van der Waals surface area contributed by atoms with Crippen LogP contribution >= 0.6 is 0 Å². The number of nitrogens with one attached hydrogen (secondary N) is 1. The van der Waals surface area contributed by atoms with Crippen LogP contribution in [0, 0.1) is 0 Å². The summed E-state index contributed by atoms with van der Waals surface area (Å²) in [7, 11) is 0. The van der Waals surface area contributed by atoms with Crippen molar-refractivity contribution in [3.8, 4) is 0 Å². The Kier molecular flexibility index (Phi) is 14.7. The van der Waals surface area contributed by atoms with Crippen LogP contribution in [0.2, 0.25) is 0 Å². The fourth-order valence-corrected chi connectivity index (χ4v) is 4.91. The van der Waals surface area contributed by atoms with Crippen molar-refractivity contribution in [1.82, 2.24) is 9.55 Å². The van der Waals surface area contributed by atoms with Crippen LogP contribution in [-0.4, -0.2) is 73.4 Å².